The monoisotopic (exact) mass is 384 g/mol. The van der Waals surface area contributed by atoms with Gasteiger partial charge in [-0.25, -0.2) is 9.50 Å². The van der Waals surface area contributed by atoms with Crippen molar-refractivity contribution in [1.82, 2.24) is 45.0 Å². The molecule has 0 radical (unpaired) electrons. The number of anilines is 1. The largest absolute Gasteiger partial charge is 0.365 e. The van der Waals surface area contributed by atoms with Crippen LogP contribution in [0.15, 0.2) is 18.6 Å². The van der Waals surface area contributed by atoms with Crippen molar-refractivity contribution in [2.24, 2.45) is 5.41 Å². The van der Waals surface area contributed by atoms with Crippen molar-refractivity contribution >= 4 is 23.4 Å². The molecule has 12 nitrogen and oxygen atoms in total. The molecule has 12 heteroatoms. The molecule has 146 valence electrons. The number of likely N-dealkylation sites (tertiary alicyclic amines) is 1. The summed E-state index contributed by atoms with van der Waals surface area (Å²) >= 11 is 0. The minimum absolute atomic E-state index is 0.0360. The van der Waals surface area contributed by atoms with Crippen molar-refractivity contribution in [2.75, 3.05) is 18.8 Å². The van der Waals surface area contributed by atoms with Crippen LogP contribution in [0.25, 0.3) is 5.65 Å². The fourth-order valence-electron chi connectivity index (χ4n) is 4.35. The van der Waals surface area contributed by atoms with Gasteiger partial charge in [-0.15, -0.1) is 5.10 Å². The summed E-state index contributed by atoms with van der Waals surface area (Å²) < 4.78 is 1.70. The average molecular weight is 384 g/mol. The Morgan fingerprint density at radius 2 is 2.25 bits per heavy atom. The number of nitrogens with two attached hydrogens (primary N) is 1. The van der Waals surface area contributed by atoms with E-state index in [1.165, 1.54) is 4.80 Å². The number of carbonyl (C=O) groups excluding carboxylic acids is 2. The van der Waals surface area contributed by atoms with E-state index >= 15 is 0 Å². The van der Waals surface area contributed by atoms with E-state index in [1.807, 2.05) is 4.90 Å². The van der Waals surface area contributed by atoms with E-state index < -0.39 is 0 Å². The topological polar surface area (TPSA) is 152 Å². The van der Waals surface area contributed by atoms with Gasteiger partial charge in [0.2, 0.25) is 5.91 Å². The maximum absolute atomic E-state index is 12.5. The molecule has 1 saturated carbocycles. The molecule has 0 aromatic carbocycles. The SMILES string of the molecule is Nc1nnn(CC(=O)N2CCC3(CC(NC(=O)c4c[nH]n5ccnc45)C3)C2)n1. The van der Waals surface area contributed by atoms with Crippen LogP contribution in [-0.2, 0) is 11.3 Å². The molecule has 1 spiro atoms. The third-order valence-electron chi connectivity index (χ3n) is 5.70. The zero-order valence-corrected chi connectivity index (χ0v) is 15.1. The number of hydrogen-bond donors (Lipinski definition) is 3. The van der Waals surface area contributed by atoms with Crippen LogP contribution in [0.3, 0.4) is 0 Å². The van der Waals surface area contributed by atoms with Crippen molar-refractivity contribution in [2.45, 2.75) is 31.8 Å². The number of rotatable bonds is 4. The van der Waals surface area contributed by atoms with E-state index in [0.29, 0.717) is 24.3 Å². The lowest BCUT2D eigenvalue weighted by molar-refractivity contribution is -0.132. The number of tetrazole rings is 1. The number of carbonyl (C=O) groups is 2. The van der Waals surface area contributed by atoms with E-state index in [-0.39, 0.29) is 35.8 Å². The molecule has 28 heavy (non-hydrogen) atoms. The summed E-state index contributed by atoms with van der Waals surface area (Å²) in [5, 5.41) is 17.2. The number of imidazole rings is 1. The van der Waals surface area contributed by atoms with Crippen molar-refractivity contribution in [3.8, 4) is 0 Å². The van der Waals surface area contributed by atoms with Gasteiger partial charge in [-0.3, -0.25) is 14.7 Å². The number of amides is 2. The highest BCUT2D eigenvalue weighted by Crippen LogP contribution is 2.48. The molecular weight excluding hydrogens is 364 g/mol. The zero-order valence-electron chi connectivity index (χ0n) is 15.1. The highest BCUT2D eigenvalue weighted by Gasteiger charge is 2.49. The summed E-state index contributed by atoms with van der Waals surface area (Å²) in [6.45, 7) is 1.43. The number of H-pyrrole nitrogens is 1. The van der Waals surface area contributed by atoms with Gasteiger partial charge in [-0.05, 0) is 29.9 Å². The minimum Gasteiger partial charge on any atom is -0.365 e. The Balaban J connectivity index is 1.15. The maximum Gasteiger partial charge on any atom is 0.260 e. The standard InChI is InChI=1S/C16H20N10O2/c17-15-21-23-26(22-15)8-12(27)24-3-1-16(9-24)5-10(6-16)20-14(28)11-7-19-25-4-2-18-13(11)25/h2,4,7,10,19H,1,3,5-6,8-9H2,(H2,17,22)(H,20,28). The smallest absolute Gasteiger partial charge is 0.260 e. The van der Waals surface area contributed by atoms with Crippen LogP contribution in [0, 0.1) is 5.41 Å². The maximum atomic E-state index is 12.5. The van der Waals surface area contributed by atoms with E-state index in [1.54, 1.807) is 23.1 Å². The first kappa shape index (κ1) is 16.7. The Kier molecular flexibility index (Phi) is 3.60. The first-order chi connectivity index (χ1) is 13.5. The van der Waals surface area contributed by atoms with Gasteiger partial charge in [0, 0.05) is 37.7 Å². The van der Waals surface area contributed by atoms with Gasteiger partial charge in [0.05, 0.1) is 0 Å². The lowest BCUT2D eigenvalue weighted by atomic mass is 9.65. The normalized spacial score (nSPS) is 24.0. The van der Waals surface area contributed by atoms with Crippen molar-refractivity contribution in [3.05, 3.63) is 24.2 Å². The molecule has 5 rings (SSSR count). The molecule has 2 aliphatic rings. The number of nitrogen functional groups attached to an aromatic ring is 1. The van der Waals surface area contributed by atoms with E-state index in [0.717, 1.165) is 19.3 Å². The summed E-state index contributed by atoms with van der Waals surface area (Å²) in [6, 6.07) is 0.115. The van der Waals surface area contributed by atoms with Crippen molar-refractivity contribution in [1.29, 1.82) is 0 Å². The van der Waals surface area contributed by atoms with Gasteiger partial charge in [0.1, 0.15) is 12.1 Å². The molecule has 0 atom stereocenters. The first-order valence-electron chi connectivity index (χ1n) is 9.14. The summed E-state index contributed by atoms with van der Waals surface area (Å²) in [7, 11) is 0. The molecule has 2 fully saturated rings. The summed E-state index contributed by atoms with van der Waals surface area (Å²) in [5.74, 6) is -0.118. The molecule has 1 aliphatic carbocycles. The van der Waals surface area contributed by atoms with Crippen LogP contribution in [0.1, 0.15) is 29.6 Å². The average Bonchev–Trinajstić information content (AvgIpc) is 3.37. The van der Waals surface area contributed by atoms with Crippen LogP contribution in [0.4, 0.5) is 5.95 Å². The van der Waals surface area contributed by atoms with Gasteiger partial charge in [-0.1, -0.05) is 5.10 Å². The van der Waals surface area contributed by atoms with Gasteiger partial charge >= 0.3 is 0 Å². The van der Waals surface area contributed by atoms with Gasteiger partial charge in [0.15, 0.2) is 5.65 Å². The van der Waals surface area contributed by atoms with Crippen LogP contribution in [-0.4, -0.2) is 70.7 Å². The van der Waals surface area contributed by atoms with Gasteiger partial charge in [-0.2, -0.15) is 4.80 Å². The third kappa shape index (κ3) is 2.77. The van der Waals surface area contributed by atoms with Crippen molar-refractivity contribution in [3.63, 3.8) is 0 Å². The molecule has 0 unspecified atom stereocenters. The second-order valence-electron chi connectivity index (χ2n) is 7.63. The molecule has 1 aliphatic heterocycles. The molecule has 1 saturated heterocycles. The van der Waals surface area contributed by atoms with Crippen LogP contribution < -0.4 is 11.1 Å². The molecular formula is C16H20N10O2. The van der Waals surface area contributed by atoms with Crippen molar-refractivity contribution < 1.29 is 9.59 Å². The highest BCUT2D eigenvalue weighted by atomic mass is 16.2. The quantitative estimate of drug-likeness (QED) is 0.524. The second kappa shape index (κ2) is 6.04. The predicted octanol–water partition coefficient (Wildman–Crippen LogP) is -0.958. The number of hydrogen-bond acceptors (Lipinski definition) is 7. The Morgan fingerprint density at radius 3 is 3.04 bits per heavy atom. The predicted molar refractivity (Wildman–Crippen MR) is 95.9 cm³/mol. The summed E-state index contributed by atoms with van der Waals surface area (Å²) in [4.78, 5) is 32.2. The number of nitrogens with zero attached hydrogens (tertiary/aromatic N) is 7. The number of aromatic nitrogens is 7. The number of aromatic amines is 1. The van der Waals surface area contributed by atoms with Crippen LogP contribution in [0.2, 0.25) is 0 Å². The molecule has 4 heterocycles. The van der Waals surface area contributed by atoms with Crippen LogP contribution >= 0.6 is 0 Å². The fourth-order valence-corrected chi connectivity index (χ4v) is 4.35. The Morgan fingerprint density at radius 1 is 1.39 bits per heavy atom. The zero-order chi connectivity index (χ0) is 19.3. The lowest BCUT2D eigenvalue weighted by Gasteiger charge is -2.45. The summed E-state index contributed by atoms with van der Waals surface area (Å²) in [5.41, 5.74) is 6.66. The molecule has 3 aromatic heterocycles. The molecule has 3 aromatic rings. The first-order valence-corrected chi connectivity index (χ1v) is 9.14. The molecule has 2 amide bonds. The fraction of sp³-hybridized carbons (Fsp3) is 0.500. The van der Waals surface area contributed by atoms with E-state index in [4.69, 9.17) is 5.73 Å². The highest BCUT2D eigenvalue weighted by molar-refractivity contribution is 5.99. The second-order valence-corrected chi connectivity index (χ2v) is 7.63. The van der Waals surface area contributed by atoms with Gasteiger partial charge < -0.3 is 16.0 Å². The molecule has 0 bridgehead atoms. The lowest BCUT2D eigenvalue weighted by Crippen LogP contribution is -2.52. The third-order valence-corrected chi connectivity index (χ3v) is 5.70. The Bertz CT molecular complexity index is 1040. The Labute approximate surface area is 159 Å². The van der Waals surface area contributed by atoms with E-state index in [9.17, 15) is 9.59 Å². The van der Waals surface area contributed by atoms with Crippen LogP contribution in [0.5, 0.6) is 0 Å². The number of nitrogens with one attached hydrogen (secondary N) is 2. The van der Waals surface area contributed by atoms with E-state index in [2.05, 4.69) is 30.8 Å². The molecule has 4 N–H and O–H groups in total. The number of fused-ring (bicyclic) bond motifs is 1. The Hall–Kier alpha value is -3.44. The van der Waals surface area contributed by atoms with Gasteiger partial charge in [0.25, 0.3) is 11.9 Å². The summed E-state index contributed by atoms with van der Waals surface area (Å²) in [6.07, 6.45) is 7.74. The minimum atomic E-state index is -0.127.